The smallest absolute Gasteiger partial charge is 0.00205 e. The van der Waals surface area contributed by atoms with Crippen LogP contribution in [0.2, 0.25) is 0 Å². The molecule has 1 fully saturated rings. The fourth-order valence-electron chi connectivity index (χ4n) is 2.01. The quantitative estimate of drug-likeness (QED) is 0.507. The molecule has 0 aliphatic heterocycles. The van der Waals surface area contributed by atoms with Crippen molar-refractivity contribution >= 4 is 0 Å². The van der Waals surface area contributed by atoms with E-state index < -0.39 is 0 Å². The van der Waals surface area contributed by atoms with Gasteiger partial charge >= 0.3 is 0 Å². The van der Waals surface area contributed by atoms with Crippen LogP contribution in [0.25, 0.3) is 0 Å². The molecule has 0 atom stereocenters. The summed E-state index contributed by atoms with van der Waals surface area (Å²) >= 11 is 0. The van der Waals surface area contributed by atoms with E-state index in [0.29, 0.717) is 0 Å². The Labute approximate surface area is 96.0 Å². The zero-order chi connectivity index (χ0) is 10.8. The Kier molecular flexibility index (Phi) is 7.99. The van der Waals surface area contributed by atoms with Crippen LogP contribution in [0.5, 0.6) is 0 Å². The first-order valence-electron chi connectivity index (χ1n) is 7.14. The number of rotatable bonds is 11. The summed E-state index contributed by atoms with van der Waals surface area (Å²) < 4.78 is 0. The third kappa shape index (κ3) is 8.92. The van der Waals surface area contributed by atoms with E-state index in [1.165, 1.54) is 77.3 Å². The average Bonchev–Trinajstić information content (AvgIpc) is 3.05. The van der Waals surface area contributed by atoms with Gasteiger partial charge < -0.3 is 5.32 Å². The van der Waals surface area contributed by atoms with Gasteiger partial charge in [0.05, 0.1) is 0 Å². The second kappa shape index (κ2) is 9.21. The summed E-state index contributed by atoms with van der Waals surface area (Å²) in [5.74, 6) is 1.04. The Balaban J connectivity index is 1.62. The van der Waals surface area contributed by atoms with Crippen LogP contribution in [0.3, 0.4) is 0 Å². The summed E-state index contributed by atoms with van der Waals surface area (Å²) in [6, 6.07) is 0. The molecule has 0 heterocycles. The van der Waals surface area contributed by atoms with Crippen LogP contribution in [0.1, 0.15) is 71.1 Å². The summed E-state index contributed by atoms with van der Waals surface area (Å²) in [7, 11) is 0. The van der Waals surface area contributed by atoms with Crippen LogP contribution < -0.4 is 5.32 Å². The molecule has 1 aliphatic carbocycles. The lowest BCUT2D eigenvalue weighted by Crippen LogP contribution is -2.17. The minimum absolute atomic E-state index is 1.04. The van der Waals surface area contributed by atoms with Crippen molar-refractivity contribution in [2.24, 2.45) is 5.92 Å². The lowest BCUT2D eigenvalue weighted by molar-refractivity contribution is 0.548. The van der Waals surface area contributed by atoms with Crippen molar-refractivity contribution in [2.75, 3.05) is 13.1 Å². The van der Waals surface area contributed by atoms with Crippen LogP contribution in [-0.4, -0.2) is 13.1 Å². The standard InChI is InChI=1S/C14H29N/c1-2-3-4-5-6-7-8-9-12-15-13-14-10-11-14/h14-15H,2-13H2,1H3. The van der Waals surface area contributed by atoms with E-state index in [2.05, 4.69) is 12.2 Å². The molecule has 1 saturated carbocycles. The topological polar surface area (TPSA) is 12.0 Å². The molecule has 1 N–H and O–H groups in total. The zero-order valence-electron chi connectivity index (χ0n) is 10.6. The van der Waals surface area contributed by atoms with Gasteiger partial charge in [-0.15, -0.1) is 0 Å². The van der Waals surface area contributed by atoms with E-state index in [1.54, 1.807) is 0 Å². The molecule has 0 unspecified atom stereocenters. The summed E-state index contributed by atoms with van der Waals surface area (Å²) in [5, 5.41) is 3.56. The first-order chi connectivity index (χ1) is 7.43. The van der Waals surface area contributed by atoms with Crippen molar-refractivity contribution < 1.29 is 0 Å². The molecular formula is C14H29N. The van der Waals surface area contributed by atoms with E-state index in [4.69, 9.17) is 0 Å². The second-order valence-corrected chi connectivity index (χ2v) is 5.12. The van der Waals surface area contributed by atoms with Crippen LogP contribution in [0, 0.1) is 5.92 Å². The Bertz CT molecular complexity index is 129. The predicted octanol–water partition coefficient (Wildman–Crippen LogP) is 4.13. The monoisotopic (exact) mass is 211 g/mol. The van der Waals surface area contributed by atoms with Gasteiger partial charge in [-0.25, -0.2) is 0 Å². The van der Waals surface area contributed by atoms with Crippen molar-refractivity contribution in [1.29, 1.82) is 0 Å². The maximum absolute atomic E-state index is 3.56. The Morgan fingerprint density at radius 2 is 1.47 bits per heavy atom. The first-order valence-corrected chi connectivity index (χ1v) is 7.14. The minimum Gasteiger partial charge on any atom is -0.316 e. The minimum atomic E-state index is 1.04. The molecule has 0 aromatic rings. The molecule has 90 valence electrons. The van der Waals surface area contributed by atoms with E-state index >= 15 is 0 Å². The van der Waals surface area contributed by atoms with Crippen LogP contribution in [0.4, 0.5) is 0 Å². The van der Waals surface area contributed by atoms with Gasteiger partial charge in [-0.05, 0) is 38.3 Å². The molecule has 15 heavy (non-hydrogen) atoms. The Hall–Kier alpha value is -0.0400. The molecule has 0 saturated heterocycles. The lowest BCUT2D eigenvalue weighted by atomic mass is 10.1. The second-order valence-electron chi connectivity index (χ2n) is 5.12. The van der Waals surface area contributed by atoms with Gasteiger partial charge in [-0.2, -0.15) is 0 Å². The van der Waals surface area contributed by atoms with Crippen molar-refractivity contribution in [3.8, 4) is 0 Å². The molecule has 0 aromatic heterocycles. The number of nitrogens with one attached hydrogen (secondary N) is 1. The zero-order valence-corrected chi connectivity index (χ0v) is 10.6. The maximum atomic E-state index is 3.56. The van der Waals surface area contributed by atoms with Gasteiger partial charge in [0.25, 0.3) is 0 Å². The number of unbranched alkanes of at least 4 members (excludes halogenated alkanes) is 7. The fourth-order valence-corrected chi connectivity index (χ4v) is 2.01. The van der Waals surface area contributed by atoms with Crippen LogP contribution in [-0.2, 0) is 0 Å². The molecule has 0 radical (unpaired) electrons. The molecule has 0 bridgehead atoms. The molecule has 0 aromatic carbocycles. The van der Waals surface area contributed by atoms with Crippen molar-refractivity contribution in [3.05, 3.63) is 0 Å². The molecule has 0 amide bonds. The fraction of sp³-hybridized carbons (Fsp3) is 1.00. The van der Waals surface area contributed by atoms with E-state index in [0.717, 1.165) is 5.92 Å². The third-order valence-electron chi connectivity index (χ3n) is 3.34. The Morgan fingerprint density at radius 3 is 2.07 bits per heavy atom. The summed E-state index contributed by atoms with van der Waals surface area (Å²) in [5.41, 5.74) is 0. The van der Waals surface area contributed by atoms with Gasteiger partial charge in [-0.3, -0.25) is 0 Å². The van der Waals surface area contributed by atoms with Gasteiger partial charge in [0.1, 0.15) is 0 Å². The van der Waals surface area contributed by atoms with Crippen LogP contribution >= 0.6 is 0 Å². The van der Waals surface area contributed by atoms with Gasteiger partial charge in [0.15, 0.2) is 0 Å². The van der Waals surface area contributed by atoms with E-state index in [-0.39, 0.29) is 0 Å². The highest BCUT2D eigenvalue weighted by Gasteiger charge is 2.19. The van der Waals surface area contributed by atoms with Crippen molar-refractivity contribution in [3.63, 3.8) is 0 Å². The number of hydrogen-bond donors (Lipinski definition) is 1. The Morgan fingerprint density at radius 1 is 0.867 bits per heavy atom. The molecule has 1 heteroatoms. The average molecular weight is 211 g/mol. The van der Waals surface area contributed by atoms with Gasteiger partial charge in [0, 0.05) is 0 Å². The van der Waals surface area contributed by atoms with Crippen LogP contribution in [0.15, 0.2) is 0 Å². The predicted molar refractivity (Wildman–Crippen MR) is 68.2 cm³/mol. The summed E-state index contributed by atoms with van der Waals surface area (Å²) in [6.45, 7) is 4.83. The molecular weight excluding hydrogens is 182 g/mol. The molecule has 1 aliphatic rings. The summed E-state index contributed by atoms with van der Waals surface area (Å²) in [6.07, 6.45) is 14.4. The van der Waals surface area contributed by atoms with Crippen molar-refractivity contribution in [1.82, 2.24) is 5.32 Å². The highest BCUT2D eigenvalue weighted by Crippen LogP contribution is 2.27. The highest BCUT2D eigenvalue weighted by atomic mass is 14.9. The summed E-state index contributed by atoms with van der Waals surface area (Å²) in [4.78, 5) is 0. The van der Waals surface area contributed by atoms with E-state index in [1.807, 2.05) is 0 Å². The highest BCUT2D eigenvalue weighted by molar-refractivity contribution is 4.74. The SMILES string of the molecule is CCCCCCCCCCNCC1CC1. The molecule has 0 spiro atoms. The molecule has 1 nitrogen and oxygen atoms in total. The largest absolute Gasteiger partial charge is 0.316 e. The normalized spacial score (nSPS) is 15.8. The first kappa shape index (κ1) is 13.0. The van der Waals surface area contributed by atoms with Gasteiger partial charge in [0.2, 0.25) is 0 Å². The lowest BCUT2D eigenvalue weighted by Gasteiger charge is -2.03. The number of hydrogen-bond acceptors (Lipinski definition) is 1. The third-order valence-corrected chi connectivity index (χ3v) is 3.34. The van der Waals surface area contributed by atoms with Gasteiger partial charge in [-0.1, -0.05) is 51.9 Å². The van der Waals surface area contributed by atoms with Crippen molar-refractivity contribution in [2.45, 2.75) is 71.1 Å². The van der Waals surface area contributed by atoms with E-state index in [9.17, 15) is 0 Å². The maximum Gasteiger partial charge on any atom is -0.00205 e. The molecule has 1 rings (SSSR count).